The summed E-state index contributed by atoms with van der Waals surface area (Å²) in [4.78, 5) is 19.8. The molecule has 2 heterocycles. The van der Waals surface area contributed by atoms with Gasteiger partial charge in [0.25, 0.3) is 5.91 Å². The van der Waals surface area contributed by atoms with Gasteiger partial charge in [-0.1, -0.05) is 29.3 Å². The maximum absolute atomic E-state index is 12.0. The van der Waals surface area contributed by atoms with Crippen LogP contribution in [0.15, 0.2) is 30.5 Å². The zero-order chi connectivity index (χ0) is 13.1. The number of carbonyl (C=O) groups excluding carboxylic acids is 1. The van der Waals surface area contributed by atoms with E-state index in [0.29, 0.717) is 5.69 Å². The van der Waals surface area contributed by atoms with Gasteiger partial charge in [0.15, 0.2) is 5.15 Å². The molecule has 18 heavy (non-hydrogen) atoms. The van der Waals surface area contributed by atoms with Crippen molar-refractivity contribution >= 4 is 34.8 Å². The maximum Gasteiger partial charge on any atom is 0.274 e. The van der Waals surface area contributed by atoms with E-state index in [2.05, 4.69) is 15.3 Å². The monoisotopic (exact) mass is 281 g/mol. The number of hydrogen-bond acceptors (Lipinski definition) is 3. The summed E-state index contributed by atoms with van der Waals surface area (Å²) < 4.78 is 0. The Balaban J connectivity index is 2.27. The first-order valence-corrected chi connectivity index (χ1v) is 5.88. The van der Waals surface area contributed by atoms with Crippen LogP contribution >= 0.6 is 23.2 Å². The highest BCUT2D eigenvalue weighted by Gasteiger charge is 2.12. The summed E-state index contributed by atoms with van der Waals surface area (Å²) in [5.41, 5.74) is 1.53. The minimum atomic E-state index is -0.379. The smallest absolute Gasteiger partial charge is 0.274 e. The van der Waals surface area contributed by atoms with Gasteiger partial charge in [0.1, 0.15) is 10.8 Å². The van der Waals surface area contributed by atoms with E-state index in [1.165, 1.54) is 0 Å². The lowest BCUT2D eigenvalue weighted by atomic mass is 10.2. The number of hydrogen-bond donors (Lipinski definition) is 1. The van der Waals surface area contributed by atoms with Gasteiger partial charge in [-0.25, -0.2) is 9.97 Å². The van der Waals surface area contributed by atoms with Crippen LogP contribution < -0.4 is 5.32 Å². The summed E-state index contributed by atoms with van der Waals surface area (Å²) >= 11 is 11.6. The van der Waals surface area contributed by atoms with Gasteiger partial charge >= 0.3 is 0 Å². The Morgan fingerprint density at radius 3 is 2.72 bits per heavy atom. The minimum absolute atomic E-state index is 0.224. The zero-order valence-corrected chi connectivity index (χ0v) is 11.0. The molecule has 1 N–H and O–H groups in total. The Kier molecular flexibility index (Phi) is 3.79. The highest BCUT2D eigenvalue weighted by Crippen LogP contribution is 2.23. The Hall–Kier alpha value is -1.65. The Morgan fingerprint density at radius 2 is 2.06 bits per heavy atom. The number of nitrogens with zero attached hydrogens (tertiary/aromatic N) is 2. The van der Waals surface area contributed by atoms with E-state index >= 15 is 0 Å². The van der Waals surface area contributed by atoms with Crippen LogP contribution in [0.3, 0.4) is 0 Å². The molecule has 0 unspecified atom stereocenters. The molecule has 0 spiro atoms. The predicted octanol–water partition coefficient (Wildman–Crippen LogP) is 3.34. The summed E-state index contributed by atoms with van der Waals surface area (Å²) in [5, 5.41) is 3.17. The van der Waals surface area contributed by atoms with E-state index in [4.69, 9.17) is 23.2 Å². The molecule has 2 aromatic heterocycles. The fraction of sp³-hybridized carbons (Fsp3) is 0.0833. The highest BCUT2D eigenvalue weighted by molar-refractivity contribution is 6.33. The minimum Gasteiger partial charge on any atom is -0.318 e. The van der Waals surface area contributed by atoms with Crippen molar-refractivity contribution in [2.75, 3.05) is 5.32 Å². The van der Waals surface area contributed by atoms with Gasteiger partial charge in [0.05, 0.1) is 5.69 Å². The molecule has 0 saturated carbocycles. The molecule has 0 bridgehead atoms. The van der Waals surface area contributed by atoms with Crippen LogP contribution in [-0.2, 0) is 0 Å². The van der Waals surface area contributed by atoms with Crippen molar-refractivity contribution in [1.29, 1.82) is 0 Å². The van der Waals surface area contributed by atoms with Crippen molar-refractivity contribution in [3.8, 4) is 0 Å². The first-order chi connectivity index (χ1) is 8.58. The summed E-state index contributed by atoms with van der Waals surface area (Å²) in [7, 11) is 0. The standard InChI is InChI=1S/C12H9Cl2N3O/c1-7-5-6-15-11(14)10(7)17-12(18)8-3-2-4-9(13)16-8/h2-6H,1H3,(H,17,18). The van der Waals surface area contributed by atoms with Gasteiger partial charge in [-0.2, -0.15) is 0 Å². The Labute approximate surface area is 114 Å². The van der Waals surface area contributed by atoms with Crippen LogP contribution in [0.1, 0.15) is 16.1 Å². The SMILES string of the molecule is Cc1ccnc(Cl)c1NC(=O)c1cccc(Cl)n1. The molecule has 92 valence electrons. The predicted molar refractivity (Wildman–Crippen MR) is 71.2 cm³/mol. The van der Waals surface area contributed by atoms with Crippen LogP contribution in [0, 0.1) is 6.92 Å². The number of aryl methyl sites for hydroxylation is 1. The van der Waals surface area contributed by atoms with Gasteiger partial charge in [-0.05, 0) is 30.7 Å². The van der Waals surface area contributed by atoms with Gasteiger partial charge in [-0.15, -0.1) is 0 Å². The van der Waals surface area contributed by atoms with Crippen LogP contribution in [0.5, 0.6) is 0 Å². The quantitative estimate of drug-likeness (QED) is 0.859. The number of halogens is 2. The van der Waals surface area contributed by atoms with E-state index in [1.807, 2.05) is 6.92 Å². The molecule has 0 aromatic carbocycles. The van der Waals surface area contributed by atoms with Crippen molar-refractivity contribution in [2.24, 2.45) is 0 Å². The fourth-order valence-electron chi connectivity index (χ4n) is 1.39. The number of pyridine rings is 2. The second-order valence-electron chi connectivity index (χ2n) is 3.59. The molecule has 2 aromatic rings. The largest absolute Gasteiger partial charge is 0.318 e. The molecule has 0 aliphatic heterocycles. The topological polar surface area (TPSA) is 54.9 Å². The van der Waals surface area contributed by atoms with Crippen LogP contribution in [0.25, 0.3) is 0 Å². The Morgan fingerprint density at radius 1 is 1.28 bits per heavy atom. The lowest BCUT2D eigenvalue weighted by Gasteiger charge is -2.08. The lowest BCUT2D eigenvalue weighted by molar-refractivity contribution is 0.102. The van der Waals surface area contributed by atoms with E-state index in [-0.39, 0.29) is 21.9 Å². The van der Waals surface area contributed by atoms with Crippen molar-refractivity contribution in [3.63, 3.8) is 0 Å². The molecule has 4 nitrogen and oxygen atoms in total. The molecule has 6 heteroatoms. The molecule has 0 saturated heterocycles. The first-order valence-electron chi connectivity index (χ1n) is 5.13. The second kappa shape index (κ2) is 5.33. The fourth-order valence-corrected chi connectivity index (χ4v) is 1.80. The summed E-state index contributed by atoms with van der Waals surface area (Å²) in [6.07, 6.45) is 1.57. The van der Waals surface area contributed by atoms with Crippen LogP contribution in [0.2, 0.25) is 10.3 Å². The molecule has 2 rings (SSSR count). The van der Waals surface area contributed by atoms with Crippen LogP contribution in [-0.4, -0.2) is 15.9 Å². The van der Waals surface area contributed by atoms with E-state index < -0.39 is 0 Å². The van der Waals surface area contributed by atoms with Crippen LogP contribution in [0.4, 0.5) is 5.69 Å². The molecule has 0 aliphatic rings. The number of nitrogens with one attached hydrogen (secondary N) is 1. The summed E-state index contributed by atoms with van der Waals surface area (Å²) in [6, 6.07) is 6.58. The zero-order valence-electron chi connectivity index (χ0n) is 9.45. The molecular formula is C12H9Cl2N3O. The lowest BCUT2D eigenvalue weighted by Crippen LogP contribution is -2.15. The number of rotatable bonds is 2. The molecule has 0 radical (unpaired) electrons. The summed E-state index contributed by atoms with van der Waals surface area (Å²) in [6.45, 7) is 1.83. The second-order valence-corrected chi connectivity index (χ2v) is 4.34. The highest BCUT2D eigenvalue weighted by atomic mass is 35.5. The number of carbonyl (C=O) groups is 1. The van der Waals surface area contributed by atoms with Crippen molar-refractivity contribution in [3.05, 3.63) is 52.0 Å². The molecule has 0 atom stereocenters. The molecule has 0 aliphatic carbocycles. The maximum atomic E-state index is 12.0. The van der Waals surface area contributed by atoms with Gasteiger partial charge in [-0.3, -0.25) is 4.79 Å². The van der Waals surface area contributed by atoms with E-state index in [9.17, 15) is 4.79 Å². The first kappa shape index (κ1) is 12.8. The van der Waals surface area contributed by atoms with E-state index in [1.54, 1.807) is 30.5 Å². The number of anilines is 1. The third-order valence-corrected chi connectivity index (χ3v) is 2.80. The number of amides is 1. The molecule has 1 amide bonds. The van der Waals surface area contributed by atoms with Gasteiger partial charge in [0, 0.05) is 6.20 Å². The summed E-state index contributed by atoms with van der Waals surface area (Å²) in [5.74, 6) is -0.379. The third-order valence-electron chi connectivity index (χ3n) is 2.30. The average molecular weight is 282 g/mol. The van der Waals surface area contributed by atoms with Crippen molar-refractivity contribution < 1.29 is 4.79 Å². The average Bonchev–Trinajstić information content (AvgIpc) is 2.34. The third kappa shape index (κ3) is 2.78. The van der Waals surface area contributed by atoms with Gasteiger partial charge in [0.2, 0.25) is 0 Å². The Bertz CT molecular complexity index is 581. The normalized spacial score (nSPS) is 10.2. The van der Waals surface area contributed by atoms with Crippen molar-refractivity contribution in [1.82, 2.24) is 9.97 Å². The van der Waals surface area contributed by atoms with Crippen molar-refractivity contribution in [2.45, 2.75) is 6.92 Å². The van der Waals surface area contributed by atoms with E-state index in [0.717, 1.165) is 5.56 Å². The number of aromatic nitrogens is 2. The molecular weight excluding hydrogens is 273 g/mol. The molecule has 0 fully saturated rings. The van der Waals surface area contributed by atoms with Gasteiger partial charge < -0.3 is 5.32 Å².